The summed E-state index contributed by atoms with van der Waals surface area (Å²) in [5.74, 6) is -3.20. The molecule has 28 heavy (non-hydrogen) atoms. The number of carbonyl (C=O) groups excluding carboxylic acids is 1. The summed E-state index contributed by atoms with van der Waals surface area (Å²) in [6, 6.07) is 15.1. The van der Waals surface area contributed by atoms with Crippen molar-refractivity contribution in [3.63, 3.8) is 0 Å². The minimum absolute atomic E-state index is 0.117. The molecule has 1 amide bonds. The summed E-state index contributed by atoms with van der Waals surface area (Å²) in [4.78, 5) is 12.6. The highest BCUT2D eigenvalue weighted by Crippen LogP contribution is 2.33. The first kappa shape index (κ1) is 21.4. The van der Waals surface area contributed by atoms with Crippen LogP contribution < -0.4 is 10.1 Å². The molecule has 1 unspecified atom stereocenters. The van der Waals surface area contributed by atoms with Crippen molar-refractivity contribution in [2.45, 2.75) is 45.8 Å². The number of carbonyl (C=O) groups is 1. The fourth-order valence-corrected chi connectivity index (χ4v) is 2.76. The van der Waals surface area contributed by atoms with E-state index in [1.165, 1.54) is 12.1 Å². The van der Waals surface area contributed by atoms with Crippen molar-refractivity contribution in [2.75, 3.05) is 0 Å². The topological polar surface area (TPSA) is 62.1 Å². The standard InChI is InChI=1S/C22H24F2N2O2/c1-15(2)11-20(21(27)26-14-16-7-5-4-6-8-16)28-18-10-9-17(13-25)19(12-18)22(3,23)24/h4-10,12,15,20H,11,14H2,1-3H3,(H,26,27). The van der Waals surface area contributed by atoms with E-state index in [1.54, 1.807) is 6.07 Å². The lowest BCUT2D eigenvalue weighted by Gasteiger charge is -2.22. The van der Waals surface area contributed by atoms with Crippen LogP contribution in [0.25, 0.3) is 0 Å². The predicted molar refractivity (Wildman–Crippen MR) is 103 cm³/mol. The fraction of sp³-hybridized carbons (Fsp3) is 0.364. The van der Waals surface area contributed by atoms with Gasteiger partial charge in [0.05, 0.1) is 11.6 Å². The molecule has 1 atom stereocenters. The number of benzene rings is 2. The normalized spacial score (nSPS) is 12.3. The molecule has 0 saturated heterocycles. The summed E-state index contributed by atoms with van der Waals surface area (Å²) in [5.41, 5.74) is 0.416. The van der Waals surface area contributed by atoms with Gasteiger partial charge in [-0.05, 0) is 36.1 Å². The zero-order valence-electron chi connectivity index (χ0n) is 16.2. The second-order valence-electron chi connectivity index (χ2n) is 7.15. The van der Waals surface area contributed by atoms with Crippen molar-refractivity contribution in [3.8, 4) is 11.8 Å². The van der Waals surface area contributed by atoms with E-state index in [9.17, 15) is 13.6 Å². The van der Waals surface area contributed by atoms with Crippen LogP contribution in [0.15, 0.2) is 48.5 Å². The third-order valence-electron chi connectivity index (χ3n) is 4.15. The average Bonchev–Trinajstić information content (AvgIpc) is 2.65. The minimum Gasteiger partial charge on any atom is -0.481 e. The van der Waals surface area contributed by atoms with Gasteiger partial charge in [0.2, 0.25) is 0 Å². The number of nitrogens with zero attached hydrogens (tertiary/aromatic N) is 1. The molecule has 0 aliphatic rings. The highest BCUT2D eigenvalue weighted by molar-refractivity contribution is 5.81. The van der Waals surface area contributed by atoms with Crippen molar-refractivity contribution in [1.29, 1.82) is 5.26 Å². The first-order chi connectivity index (χ1) is 13.2. The lowest BCUT2D eigenvalue weighted by molar-refractivity contribution is -0.128. The SMILES string of the molecule is CC(C)CC(Oc1ccc(C#N)c(C(C)(F)F)c1)C(=O)NCc1ccccc1. The van der Waals surface area contributed by atoms with Gasteiger partial charge < -0.3 is 10.1 Å². The van der Waals surface area contributed by atoms with Gasteiger partial charge in [0.15, 0.2) is 6.10 Å². The number of halogens is 2. The van der Waals surface area contributed by atoms with Crippen LogP contribution in [0.2, 0.25) is 0 Å². The van der Waals surface area contributed by atoms with Crippen LogP contribution in [0.4, 0.5) is 8.78 Å². The number of rotatable bonds is 8. The summed E-state index contributed by atoms with van der Waals surface area (Å²) in [7, 11) is 0. The third kappa shape index (κ3) is 6.05. The van der Waals surface area contributed by atoms with E-state index in [2.05, 4.69) is 5.32 Å². The fourth-order valence-electron chi connectivity index (χ4n) is 2.76. The smallest absolute Gasteiger partial charge is 0.271 e. The van der Waals surface area contributed by atoms with Crippen molar-refractivity contribution < 1.29 is 18.3 Å². The van der Waals surface area contributed by atoms with Crippen LogP contribution in [-0.2, 0) is 17.3 Å². The Bertz CT molecular complexity index is 840. The van der Waals surface area contributed by atoms with Gasteiger partial charge in [-0.2, -0.15) is 5.26 Å². The molecule has 2 rings (SSSR count). The first-order valence-electron chi connectivity index (χ1n) is 9.11. The lowest BCUT2D eigenvalue weighted by atomic mass is 10.0. The van der Waals surface area contributed by atoms with Crippen molar-refractivity contribution in [1.82, 2.24) is 5.32 Å². The summed E-state index contributed by atoms with van der Waals surface area (Å²) in [6.45, 7) is 4.98. The number of hydrogen-bond acceptors (Lipinski definition) is 3. The highest BCUT2D eigenvalue weighted by atomic mass is 19.3. The number of ether oxygens (including phenoxy) is 1. The molecule has 4 nitrogen and oxygen atoms in total. The molecular weight excluding hydrogens is 362 g/mol. The molecule has 2 aromatic rings. The van der Waals surface area contributed by atoms with Gasteiger partial charge in [-0.3, -0.25) is 4.79 Å². The van der Waals surface area contributed by atoms with Crippen LogP contribution in [0.5, 0.6) is 5.75 Å². The summed E-state index contributed by atoms with van der Waals surface area (Å²) < 4.78 is 33.4. The molecule has 148 valence electrons. The van der Waals surface area contributed by atoms with E-state index >= 15 is 0 Å². The number of amides is 1. The Morgan fingerprint density at radius 1 is 1.21 bits per heavy atom. The highest BCUT2D eigenvalue weighted by Gasteiger charge is 2.29. The molecule has 0 saturated carbocycles. The predicted octanol–water partition coefficient (Wildman–Crippen LogP) is 4.78. The van der Waals surface area contributed by atoms with Gasteiger partial charge in [-0.25, -0.2) is 8.78 Å². The molecule has 0 aromatic heterocycles. The minimum atomic E-state index is -3.19. The molecule has 0 fully saturated rings. The number of nitriles is 1. The molecule has 2 aromatic carbocycles. The quantitative estimate of drug-likeness (QED) is 0.710. The maximum absolute atomic E-state index is 13.8. The van der Waals surface area contributed by atoms with Crippen molar-refractivity contribution >= 4 is 5.91 Å². The van der Waals surface area contributed by atoms with Crippen molar-refractivity contribution in [3.05, 3.63) is 65.2 Å². The van der Waals surface area contributed by atoms with E-state index < -0.39 is 17.6 Å². The maximum Gasteiger partial charge on any atom is 0.271 e. The van der Waals surface area contributed by atoms with Crippen LogP contribution >= 0.6 is 0 Å². The Balaban J connectivity index is 2.17. The summed E-state index contributed by atoms with van der Waals surface area (Å²) >= 11 is 0. The number of alkyl halides is 2. The van der Waals surface area contributed by atoms with Crippen LogP contribution in [0, 0.1) is 17.2 Å². The molecule has 1 N–H and O–H groups in total. The molecule has 0 heterocycles. The lowest BCUT2D eigenvalue weighted by Crippen LogP contribution is -2.39. The summed E-state index contributed by atoms with van der Waals surface area (Å²) in [5, 5.41) is 11.9. The van der Waals surface area contributed by atoms with Crippen LogP contribution in [0.1, 0.15) is 43.9 Å². The van der Waals surface area contributed by atoms with E-state index in [1.807, 2.05) is 44.2 Å². The molecule has 0 radical (unpaired) electrons. The Labute approximate surface area is 164 Å². The second-order valence-corrected chi connectivity index (χ2v) is 7.15. The number of nitrogens with one attached hydrogen (secondary N) is 1. The molecule has 0 spiro atoms. The third-order valence-corrected chi connectivity index (χ3v) is 4.15. The van der Waals surface area contributed by atoms with E-state index in [-0.39, 0.29) is 23.1 Å². The molecule has 6 heteroatoms. The maximum atomic E-state index is 13.8. The van der Waals surface area contributed by atoms with Gasteiger partial charge in [0, 0.05) is 19.0 Å². The van der Waals surface area contributed by atoms with Gasteiger partial charge >= 0.3 is 0 Å². The van der Waals surface area contributed by atoms with Crippen molar-refractivity contribution in [2.24, 2.45) is 5.92 Å². The van der Waals surface area contributed by atoms with Crippen LogP contribution in [0.3, 0.4) is 0 Å². The number of hydrogen-bond donors (Lipinski definition) is 1. The van der Waals surface area contributed by atoms with E-state index in [0.29, 0.717) is 13.0 Å². The molecule has 0 aliphatic heterocycles. The van der Waals surface area contributed by atoms with Gasteiger partial charge in [0.25, 0.3) is 11.8 Å². The summed E-state index contributed by atoms with van der Waals surface area (Å²) in [6.07, 6.45) is -0.395. The van der Waals surface area contributed by atoms with E-state index in [4.69, 9.17) is 10.00 Å². The zero-order chi connectivity index (χ0) is 20.7. The van der Waals surface area contributed by atoms with Gasteiger partial charge in [0.1, 0.15) is 5.75 Å². The monoisotopic (exact) mass is 386 g/mol. The molecular formula is C22H24F2N2O2. The average molecular weight is 386 g/mol. The largest absolute Gasteiger partial charge is 0.481 e. The Hall–Kier alpha value is -2.94. The van der Waals surface area contributed by atoms with E-state index in [0.717, 1.165) is 18.6 Å². The Kier molecular flexibility index (Phi) is 7.11. The second kappa shape index (κ2) is 9.32. The zero-order valence-corrected chi connectivity index (χ0v) is 16.2. The molecule has 0 aliphatic carbocycles. The Morgan fingerprint density at radius 3 is 2.46 bits per heavy atom. The van der Waals surface area contributed by atoms with Gasteiger partial charge in [-0.15, -0.1) is 0 Å². The first-order valence-corrected chi connectivity index (χ1v) is 9.11. The van der Waals surface area contributed by atoms with Crippen LogP contribution in [-0.4, -0.2) is 12.0 Å². The van der Waals surface area contributed by atoms with Gasteiger partial charge in [-0.1, -0.05) is 44.2 Å². The molecule has 0 bridgehead atoms. The Morgan fingerprint density at radius 2 is 1.89 bits per heavy atom.